The van der Waals surface area contributed by atoms with Gasteiger partial charge < -0.3 is 9.47 Å². The van der Waals surface area contributed by atoms with Gasteiger partial charge in [-0.25, -0.2) is 13.8 Å². The molecule has 0 spiro atoms. The fourth-order valence-corrected chi connectivity index (χ4v) is 5.51. The van der Waals surface area contributed by atoms with E-state index < -0.39 is 17.5 Å². The minimum atomic E-state index is -1.09. The second kappa shape index (κ2) is 12.5. The molecule has 3 aromatic rings. The largest absolute Gasteiger partial charge is 0.335 e. The Morgan fingerprint density at radius 1 is 0.975 bits per heavy atom. The van der Waals surface area contributed by atoms with Gasteiger partial charge >= 0.3 is 0 Å². The number of benzene rings is 2. The number of fused-ring (bicyclic) bond motifs is 1. The number of aromatic nitrogens is 2. The van der Waals surface area contributed by atoms with Crippen LogP contribution in [0.2, 0.25) is 5.02 Å². The highest BCUT2D eigenvalue weighted by molar-refractivity contribution is 6.30. The average Bonchev–Trinajstić information content (AvgIpc) is 3.35. The maximum Gasteiger partial charge on any atom is 0.274 e. The van der Waals surface area contributed by atoms with Gasteiger partial charge in [0.05, 0.1) is 0 Å². The van der Waals surface area contributed by atoms with Crippen LogP contribution in [0.25, 0.3) is 0 Å². The second-order valence-electron chi connectivity index (χ2n) is 10.4. The molecule has 0 radical (unpaired) electrons. The minimum absolute atomic E-state index is 0.0233. The predicted octanol–water partition coefficient (Wildman–Crippen LogP) is 5.56. The third-order valence-electron chi connectivity index (χ3n) is 7.64. The van der Waals surface area contributed by atoms with Crippen LogP contribution in [0, 0.1) is 11.6 Å². The maximum absolute atomic E-state index is 14.1. The van der Waals surface area contributed by atoms with E-state index in [0.29, 0.717) is 49.1 Å². The van der Waals surface area contributed by atoms with E-state index in [2.05, 4.69) is 4.90 Å². The van der Waals surface area contributed by atoms with Crippen molar-refractivity contribution < 1.29 is 18.4 Å². The van der Waals surface area contributed by atoms with Gasteiger partial charge in [0.1, 0.15) is 5.82 Å². The SMILES string of the molecule is CCCCN(C(=O)c1ccc(F)c(F)c1)c1nc2n(c1C(=O)N1CCN(Cc3ccc(Cl)cc3)CC1)CCCC2. The van der Waals surface area contributed by atoms with Gasteiger partial charge in [-0.05, 0) is 55.2 Å². The summed E-state index contributed by atoms with van der Waals surface area (Å²) in [5.41, 5.74) is 1.60. The molecule has 7 nitrogen and oxygen atoms in total. The van der Waals surface area contributed by atoms with Gasteiger partial charge in [0, 0.05) is 62.8 Å². The monoisotopic (exact) mass is 569 g/mol. The molecule has 40 heavy (non-hydrogen) atoms. The van der Waals surface area contributed by atoms with E-state index in [1.165, 1.54) is 16.5 Å². The van der Waals surface area contributed by atoms with Gasteiger partial charge in [-0.15, -0.1) is 0 Å². The molecule has 0 aliphatic carbocycles. The number of halogens is 3. The molecule has 5 rings (SSSR count). The number of anilines is 1. The molecule has 10 heteroatoms. The van der Waals surface area contributed by atoms with Crippen LogP contribution in [0.3, 0.4) is 0 Å². The highest BCUT2D eigenvalue weighted by atomic mass is 35.5. The Labute approximate surface area is 238 Å². The number of piperazine rings is 1. The highest BCUT2D eigenvalue weighted by Gasteiger charge is 2.34. The zero-order chi connectivity index (χ0) is 28.2. The van der Waals surface area contributed by atoms with E-state index in [4.69, 9.17) is 16.6 Å². The van der Waals surface area contributed by atoms with Crippen molar-refractivity contribution in [2.24, 2.45) is 0 Å². The number of carbonyl (C=O) groups is 2. The van der Waals surface area contributed by atoms with Crippen LogP contribution in [0.5, 0.6) is 0 Å². The highest BCUT2D eigenvalue weighted by Crippen LogP contribution is 2.30. The summed E-state index contributed by atoms with van der Waals surface area (Å²) in [4.78, 5) is 38.2. The van der Waals surface area contributed by atoms with Crippen molar-refractivity contribution in [3.63, 3.8) is 0 Å². The van der Waals surface area contributed by atoms with Crippen LogP contribution in [-0.4, -0.2) is 63.9 Å². The molecule has 0 N–H and O–H groups in total. The molecule has 1 fully saturated rings. The zero-order valence-corrected chi connectivity index (χ0v) is 23.5. The van der Waals surface area contributed by atoms with Crippen molar-refractivity contribution in [3.05, 3.63) is 81.8 Å². The summed E-state index contributed by atoms with van der Waals surface area (Å²) < 4.78 is 29.6. The summed E-state index contributed by atoms with van der Waals surface area (Å²) in [7, 11) is 0. The lowest BCUT2D eigenvalue weighted by atomic mass is 10.1. The van der Waals surface area contributed by atoms with Crippen molar-refractivity contribution in [2.45, 2.75) is 52.1 Å². The first-order valence-electron chi connectivity index (χ1n) is 14.0. The van der Waals surface area contributed by atoms with Gasteiger partial charge in [0.25, 0.3) is 11.8 Å². The lowest BCUT2D eigenvalue weighted by molar-refractivity contribution is 0.0617. The smallest absolute Gasteiger partial charge is 0.274 e. The molecular formula is C30H34ClF2N5O2. The number of imidazole rings is 1. The molecule has 2 amide bonds. The zero-order valence-electron chi connectivity index (χ0n) is 22.7. The number of rotatable bonds is 8. The minimum Gasteiger partial charge on any atom is -0.335 e. The number of hydrogen-bond acceptors (Lipinski definition) is 4. The van der Waals surface area contributed by atoms with Gasteiger partial charge in [-0.2, -0.15) is 0 Å². The van der Waals surface area contributed by atoms with Crippen LogP contribution in [0.1, 0.15) is 64.8 Å². The van der Waals surface area contributed by atoms with Crippen molar-refractivity contribution in [1.29, 1.82) is 0 Å². The molecule has 212 valence electrons. The maximum atomic E-state index is 14.1. The molecule has 0 bridgehead atoms. The molecular weight excluding hydrogens is 536 g/mol. The van der Waals surface area contributed by atoms with E-state index in [9.17, 15) is 18.4 Å². The van der Waals surface area contributed by atoms with E-state index in [-0.39, 0.29) is 11.5 Å². The Kier molecular flexibility index (Phi) is 8.81. The van der Waals surface area contributed by atoms with E-state index in [1.54, 1.807) is 0 Å². The lowest BCUT2D eigenvalue weighted by Gasteiger charge is -2.35. The number of nitrogens with zero attached hydrogens (tertiary/aromatic N) is 5. The third kappa shape index (κ3) is 6.05. The molecule has 1 aromatic heterocycles. The average molecular weight is 570 g/mol. The number of carbonyl (C=O) groups excluding carboxylic acids is 2. The summed E-state index contributed by atoms with van der Waals surface area (Å²) >= 11 is 6.02. The van der Waals surface area contributed by atoms with Crippen molar-refractivity contribution >= 4 is 29.2 Å². The van der Waals surface area contributed by atoms with Gasteiger partial charge in [-0.3, -0.25) is 19.4 Å². The number of unbranched alkanes of at least 4 members (excludes halogenated alkanes) is 1. The Hall–Kier alpha value is -3.30. The Morgan fingerprint density at radius 2 is 1.73 bits per heavy atom. The first kappa shape index (κ1) is 28.2. The fourth-order valence-electron chi connectivity index (χ4n) is 5.38. The van der Waals surface area contributed by atoms with Gasteiger partial charge in [-0.1, -0.05) is 37.1 Å². The molecule has 0 saturated carbocycles. The van der Waals surface area contributed by atoms with E-state index >= 15 is 0 Å². The normalized spacial score (nSPS) is 15.7. The molecule has 3 heterocycles. The van der Waals surface area contributed by atoms with Crippen molar-refractivity contribution in [2.75, 3.05) is 37.6 Å². The lowest BCUT2D eigenvalue weighted by Crippen LogP contribution is -2.49. The summed E-state index contributed by atoms with van der Waals surface area (Å²) in [6.45, 7) is 6.31. The fraction of sp³-hybridized carbons (Fsp3) is 0.433. The second-order valence-corrected chi connectivity index (χ2v) is 10.9. The van der Waals surface area contributed by atoms with Crippen LogP contribution in [-0.2, 0) is 19.5 Å². The van der Waals surface area contributed by atoms with Crippen LogP contribution >= 0.6 is 11.6 Å². The Morgan fingerprint density at radius 3 is 2.42 bits per heavy atom. The number of amides is 2. The van der Waals surface area contributed by atoms with Crippen LogP contribution in [0.15, 0.2) is 42.5 Å². The van der Waals surface area contributed by atoms with Crippen LogP contribution < -0.4 is 4.90 Å². The summed E-state index contributed by atoms with van der Waals surface area (Å²) in [5, 5.41) is 0.704. The summed E-state index contributed by atoms with van der Waals surface area (Å²) in [5.74, 6) is -1.65. The van der Waals surface area contributed by atoms with Crippen LogP contribution in [0.4, 0.5) is 14.6 Å². The molecule has 2 aliphatic rings. The Bertz CT molecular complexity index is 1370. The molecule has 2 aliphatic heterocycles. The summed E-state index contributed by atoms with van der Waals surface area (Å²) in [6.07, 6.45) is 4.09. The molecule has 0 atom stereocenters. The van der Waals surface area contributed by atoms with Gasteiger partial charge in [0.2, 0.25) is 0 Å². The van der Waals surface area contributed by atoms with E-state index in [0.717, 1.165) is 63.3 Å². The number of aryl methyl sites for hydroxylation is 1. The first-order chi connectivity index (χ1) is 19.4. The quantitative estimate of drug-likeness (QED) is 0.357. The predicted molar refractivity (Wildman–Crippen MR) is 151 cm³/mol. The first-order valence-corrected chi connectivity index (χ1v) is 14.4. The van der Waals surface area contributed by atoms with E-state index in [1.807, 2.05) is 40.7 Å². The molecule has 0 unspecified atom stereocenters. The standard InChI is InChI=1S/C30H34ClF2N5O2/c1-2-3-13-38(29(39)22-9-12-24(32)25(33)19-22)28-27(37-14-5-4-6-26(37)34-28)30(40)36-17-15-35(16-18-36)20-21-7-10-23(31)11-8-21/h7-12,19H,2-6,13-18,20H2,1H3. The molecule has 1 saturated heterocycles. The molecule has 2 aromatic carbocycles. The Balaban J connectivity index is 1.41. The van der Waals surface area contributed by atoms with Crippen molar-refractivity contribution in [3.8, 4) is 0 Å². The topological polar surface area (TPSA) is 61.7 Å². The van der Waals surface area contributed by atoms with Gasteiger partial charge in [0.15, 0.2) is 23.1 Å². The van der Waals surface area contributed by atoms with Crippen molar-refractivity contribution in [1.82, 2.24) is 19.4 Å². The third-order valence-corrected chi connectivity index (χ3v) is 7.90. The summed E-state index contributed by atoms with van der Waals surface area (Å²) in [6, 6.07) is 10.9. The number of hydrogen-bond donors (Lipinski definition) is 0.